The topological polar surface area (TPSA) is 117 Å². The van der Waals surface area contributed by atoms with E-state index >= 15 is 0 Å². The van der Waals surface area contributed by atoms with E-state index in [1.807, 2.05) is 36.5 Å². The maximum absolute atomic E-state index is 14.5. The highest BCUT2D eigenvalue weighted by molar-refractivity contribution is 7.90. The molecular formula is C27H21FN6O2S. The summed E-state index contributed by atoms with van der Waals surface area (Å²) >= 11 is 0. The van der Waals surface area contributed by atoms with Crippen molar-refractivity contribution in [2.45, 2.75) is 6.42 Å². The van der Waals surface area contributed by atoms with Crippen molar-refractivity contribution in [3.8, 4) is 33.9 Å². The Bertz CT molecular complexity index is 1880. The number of halogens is 1. The molecule has 6 rings (SSSR count). The summed E-state index contributed by atoms with van der Waals surface area (Å²) in [6.45, 7) is 0. The molecule has 0 spiro atoms. The molecule has 4 heterocycles. The number of nitrogens with one attached hydrogen (secondary N) is 2. The predicted octanol–water partition coefficient (Wildman–Crippen LogP) is 4.96. The highest BCUT2D eigenvalue weighted by Gasteiger charge is 2.17. The second-order valence-corrected chi connectivity index (χ2v) is 11.2. The fraction of sp³-hybridized carbons (Fsp3) is 0.111. The van der Waals surface area contributed by atoms with Crippen molar-refractivity contribution < 1.29 is 12.8 Å². The average molecular weight is 513 g/mol. The lowest BCUT2D eigenvalue weighted by Crippen LogP contribution is -2.06. The van der Waals surface area contributed by atoms with Crippen molar-refractivity contribution in [1.82, 2.24) is 30.1 Å². The Hall–Kier alpha value is -4.44. The van der Waals surface area contributed by atoms with E-state index in [1.165, 1.54) is 18.4 Å². The summed E-state index contributed by atoms with van der Waals surface area (Å²) in [7, 11) is -3.18. The summed E-state index contributed by atoms with van der Waals surface area (Å²) in [5.74, 6) is 0.0252. The smallest absolute Gasteiger partial charge is 0.159 e. The molecule has 0 unspecified atom stereocenters. The quantitative estimate of drug-likeness (QED) is 0.326. The van der Waals surface area contributed by atoms with E-state index in [4.69, 9.17) is 4.98 Å². The van der Waals surface area contributed by atoms with Gasteiger partial charge < -0.3 is 4.98 Å². The van der Waals surface area contributed by atoms with Crippen molar-refractivity contribution in [3.63, 3.8) is 0 Å². The third-order valence-electron chi connectivity index (χ3n) is 6.18. The van der Waals surface area contributed by atoms with Gasteiger partial charge in [0.15, 0.2) is 5.82 Å². The van der Waals surface area contributed by atoms with Crippen molar-refractivity contribution >= 4 is 31.8 Å². The summed E-state index contributed by atoms with van der Waals surface area (Å²) in [6, 6.07) is 16.2. The first kappa shape index (κ1) is 23.0. The van der Waals surface area contributed by atoms with Crippen molar-refractivity contribution in [2.75, 3.05) is 12.0 Å². The SMILES string of the molecule is CS(=O)(=O)CCc1cc(F)cc(-c2nccc3[nH]c(-c4n[nH]c5ccc(-c6cccnc6)cc45)nc23)c1. The van der Waals surface area contributed by atoms with Gasteiger partial charge in [-0.05, 0) is 60.0 Å². The molecule has 184 valence electrons. The largest absolute Gasteiger partial charge is 0.336 e. The van der Waals surface area contributed by atoms with Crippen LogP contribution in [-0.4, -0.2) is 50.6 Å². The Labute approximate surface area is 211 Å². The second-order valence-electron chi connectivity index (χ2n) is 8.94. The Morgan fingerprint density at radius 2 is 1.81 bits per heavy atom. The number of hydrogen-bond donors (Lipinski definition) is 2. The van der Waals surface area contributed by atoms with E-state index in [9.17, 15) is 12.8 Å². The van der Waals surface area contributed by atoms with Gasteiger partial charge in [-0.3, -0.25) is 15.1 Å². The number of imidazole rings is 1. The van der Waals surface area contributed by atoms with Gasteiger partial charge in [0, 0.05) is 41.4 Å². The lowest BCUT2D eigenvalue weighted by atomic mass is 10.0. The van der Waals surface area contributed by atoms with Gasteiger partial charge in [0.2, 0.25) is 0 Å². The molecule has 0 amide bonds. The molecule has 37 heavy (non-hydrogen) atoms. The Morgan fingerprint density at radius 3 is 2.62 bits per heavy atom. The number of aromatic nitrogens is 6. The van der Waals surface area contributed by atoms with Crippen LogP contribution in [0.25, 0.3) is 55.8 Å². The third kappa shape index (κ3) is 4.58. The zero-order valence-corrected chi connectivity index (χ0v) is 20.6. The maximum atomic E-state index is 14.5. The molecule has 8 nitrogen and oxygen atoms in total. The van der Waals surface area contributed by atoms with Crippen LogP contribution in [0.1, 0.15) is 5.56 Å². The molecule has 6 aromatic rings. The predicted molar refractivity (Wildman–Crippen MR) is 141 cm³/mol. The first-order valence-corrected chi connectivity index (χ1v) is 13.6. The Morgan fingerprint density at radius 1 is 0.919 bits per heavy atom. The molecular weight excluding hydrogens is 491 g/mol. The standard InChI is InChI=1S/C27H21FN6O2S/c1-37(35,36)10-7-16-11-19(13-20(28)12-16)24-26-23(6-9-30-24)31-27(32-26)25-21-14-17(4-5-22(21)33-34-25)18-3-2-8-29-15-18/h2-6,8-9,11-15H,7,10H2,1H3,(H,31,32)(H,33,34). The summed E-state index contributed by atoms with van der Waals surface area (Å²) in [5.41, 5.74) is 6.40. The molecule has 0 atom stereocenters. The van der Waals surface area contributed by atoms with Crippen LogP contribution in [0.2, 0.25) is 0 Å². The molecule has 4 aromatic heterocycles. The van der Waals surface area contributed by atoms with Crippen molar-refractivity contribution in [2.24, 2.45) is 0 Å². The minimum atomic E-state index is -3.18. The lowest BCUT2D eigenvalue weighted by Gasteiger charge is -2.06. The fourth-order valence-corrected chi connectivity index (χ4v) is 5.01. The van der Waals surface area contributed by atoms with Crippen molar-refractivity contribution in [3.05, 3.63) is 84.6 Å². The Balaban J connectivity index is 1.44. The number of H-pyrrole nitrogens is 2. The molecule has 0 saturated carbocycles. The van der Waals surface area contributed by atoms with Crippen LogP contribution in [0.3, 0.4) is 0 Å². The van der Waals surface area contributed by atoms with Gasteiger partial charge in [0.05, 0.1) is 22.5 Å². The number of nitrogens with zero attached hydrogens (tertiary/aromatic N) is 4. The van der Waals surface area contributed by atoms with Gasteiger partial charge in [-0.1, -0.05) is 12.1 Å². The molecule has 0 aliphatic carbocycles. The van der Waals surface area contributed by atoms with Gasteiger partial charge in [0.1, 0.15) is 26.9 Å². The molecule has 2 N–H and O–H groups in total. The summed E-state index contributed by atoms with van der Waals surface area (Å²) in [6.07, 6.45) is 6.55. The summed E-state index contributed by atoms with van der Waals surface area (Å²) in [5, 5.41) is 8.45. The van der Waals surface area contributed by atoms with Crippen LogP contribution in [0, 0.1) is 5.82 Å². The van der Waals surface area contributed by atoms with Crippen LogP contribution < -0.4 is 0 Å². The van der Waals surface area contributed by atoms with Gasteiger partial charge in [-0.25, -0.2) is 17.8 Å². The summed E-state index contributed by atoms with van der Waals surface area (Å²) in [4.78, 5) is 16.8. The second kappa shape index (κ2) is 8.90. The monoisotopic (exact) mass is 512 g/mol. The molecule has 10 heteroatoms. The normalized spacial score (nSPS) is 11.9. The first-order valence-electron chi connectivity index (χ1n) is 11.6. The van der Waals surface area contributed by atoms with Gasteiger partial charge >= 0.3 is 0 Å². The first-order chi connectivity index (χ1) is 17.8. The zero-order valence-electron chi connectivity index (χ0n) is 19.7. The van der Waals surface area contributed by atoms with Crippen LogP contribution in [0.4, 0.5) is 4.39 Å². The molecule has 0 fully saturated rings. The van der Waals surface area contributed by atoms with Crippen LogP contribution in [0.15, 0.2) is 73.2 Å². The van der Waals surface area contributed by atoms with E-state index in [0.29, 0.717) is 33.9 Å². The highest BCUT2D eigenvalue weighted by atomic mass is 32.2. The van der Waals surface area contributed by atoms with E-state index in [0.717, 1.165) is 27.5 Å². The number of hydrogen-bond acceptors (Lipinski definition) is 6. The van der Waals surface area contributed by atoms with Crippen molar-refractivity contribution in [1.29, 1.82) is 0 Å². The van der Waals surface area contributed by atoms with E-state index in [1.54, 1.807) is 24.5 Å². The maximum Gasteiger partial charge on any atom is 0.159 e. The molecule has 0 radical (unpaired) electrons. The average Bonchev–Trinajstić information content (AvgIpc) is 3.51. The number of pyridine rings is 2. The van der Waals surface area contributed by atoms with E-state index < -0.39 is 15.7 Å². The van der Waals surface area contributed by atoms with E-state index in [-0.39, 0.29) is 12.2 Å². The Kier molecular flexibility index (Phi) is 5.53. The number of aryl methyl sites for hydroxylation is 1. The number of benzene rings is 2. The molecule has 2 aromatic carbocycles. The zero-order chi connectivity index (χ0) is 25.6. The lowest BCUT2D eigenvalue weighted by molar-refractivity contribution is 0.600. The van der Waals surface area contributed by atoms with Gasteiger partial charge in [0.25, 0.3) is 0 Å². The number of rotatable bonds is 6. The van der Waals surface area contributed by atoms with Crippen LogP contribution in [-0.2, 0) is 16.3 Å². The van der Waals surface area contributed by atoms with Gasteiger partial charge in [-0.15, -0.1) is 0 Å². The molecule has 0 saturated heterocycles. The molecule has 0 aliphatic rings. The highest BCUT2D eigenvalue weighted by Crippen LogP contribution is 2.32. The number of sulfone groups is 1. The minimum Gasteiger partial charge on any atom is -0.336 e. The van der Waals surface area contributed by atoms with Gasteiger partial charge in [-0.2, -0.15) is 5.10 Å². The number of fused-ring (bicyclic) bond motifs is 2. The minimum absolute atomic E-state index is 0.0622. The fourth-order valence-electron chi connectivity index (χ4n) is 4.40. The third-order valence-corrected chi connectivity index (χ3v) is 7.12. The number of aromatic amines is 2. The van der Waals surface area contributed by atoms with Crippen LogP contribution in [0.5, 0.6) is 0 Å². The summed E-state index contributed by atoms with van der Waals surface area (Å²) < 4.78 is 37.7. The van der Waals surface area contributed by atoms with E-state index in [2.05, 4.69) is 25.1 Å². The molecule has 0 aliphatic heterocycles. The van der Waals surface area contributed by atoms with Crippen LogP contribution >= 0.6 is 0 Å². The molecule has 0 bridgehead atoms.